The third kappa shape index (κ3) is 7.38. The van der Waals surface area contributed by atoms with E-state index in [0.29, 0.717) is 11.7 Å². The zero-order valence-electron chi connectivity index (χ0n) is 16.8. The zero-order valence-corrected chi connectivity index (χ0v) is 19.1. The molecule has 2 heterocycles. The lowest BCUT2D eigenvalue weighted by atomic mass is 10.1. The highest BCUT2D eigenvalue weighted by molar-refractivity contribution is 14.0. The largest absolute Gasteiger partial charge is 0.356 e. The predicted octanol–water partition coefficient (Wildman–Crippen LogP) is 2.89. The van der Waals surface area contributed by atoms with Crippen LogP contribution in [0.15, 0.2) is 33.8 Å². The molecule has 1 aromatic heterocycles. The quantitative estimate of drug-likeness (QED) is 0.252. The molecule has 28 heavy (non-hydrogen) atoms. The van der Waals surface area contributed by atoms with Gasteiger partial charge in [-0.1, -0.05) is 29.4 Å². The van der Waals surface area contributed by atoms with E-state index in [1.165, 1.54) is 37.1 Å². The maximum absolute atomic E-state index is 5.12. The highest BCUT2D eigenvalue weighted by Crippen LogP contribution is 2.13. The Kier molecular flexibility index (Phi) is 9.69. The first-order valence-corrected chi connectivity index (χ1v) is 9.77. The number of aryl methyl sites for hydroxylation is 2. The summed E-state index contributed by atoms with van der Waals surface area (Å²) in [6.07, 6.45) is 4.35. The molecule has 0 radical (unpaired) electrons. The molecule has 0 spiro atoms. The fourth-order valence-corrected chi connectivity index (χ4v) is 3.26. The summed E-state index contributed by atoms with van der Waals surface area (Å²) in [6, 6.07) is 8.86. The van der Waals surface area contributed by atoms with Crippen LogP contribution in [0.5, 0.6) is 0 Å². The van der Waals surface area contributed by atoms with E-state index in [1.54, 1.807) is 7.05 Å². The molecule has 0 bridgehead atoms. The van der Waals surface area contributed by atoms with E-state index in [4.69, 9.17) is 4.52 Å². The Morgan fingerprint density at radius 2 is 1.86 bits per heavy atom. The van der Waals surface area contributed by atoms with Gasteiger partial charge in [-0.2, -0.15) is 4.98 Å². The lowest BCUT2D eigenvalue weighted by Crippen LogP contribution is -2.37. The molecule has 0 saturated carbocycles. The Bertz CT molecular complexity index is 725. The van der Waals surface area contributed by atoms with Crippen molar-refractivity contribution in [3.05, 3.63) is 47.1 Å². The number of nitrogens with zero attached hydrogens (tertiary/aromatic N) is 4. The third-order valence-electron chi connectivity index (χ3n) is 4.74. The van der Waals surface area contributed by atoms with Gasteiger partial charge in [0, 0.05) is 33.1 Å². The van der Waals surface area contributed by atoms with Crippen LogP contribution in [0.2, 0.25) is 0 Å². The van der Waals surface area contributed by atoms with Gasteiger partial charge in [0.2, 0.25) is 5.89 Å². The van der Waals surface area contributed by atoms with Crippen LogP contribution in [0.1, 0.15) is 42.1 Å². The predicted molar refractivity (Wildman–Crippen MR) is 122 cm³/mol. The lowest BCUT2D eigenvalue weighted by molar-refractivity contribution is 0.331. The molecule has 0 aliphatic carbocycles. The van der Waals surface area contributed by atoms with Crippen molar-refractivity contribution < 1.29 is 4.52 Å². The van der Waals surface area contributed by atoms with Crippen LogP contribution in [0.3, 0.4) is 0 Å². The van der Waals surface area contributed by atoms with Crippen molar-refractivity contribution in [3.63, 3.8) is 0 Å². The molecular weight excluding hydrogens is 467 g/mol. The molecule has 0 atom stereocenters. The maximum Gasteiger partial charge on any atom is 0.226 e. The molecule has 1 fully saturated rings. The van der Waals surface area contributed by atoms with Crippen LogP contribution in [0.4, 0.5) is 0 Å². The molecule has 7 nitrogen and oxygen atoms in total. The van der Waals surface area contributed by atoms with Crippen molar-refractivity contribution in [1.29, 1.82) is 0 Å². The van der Waals surface area contributed by atoms with Gasteiger partial charge in [0.05, 0.1) is 0 Å². The summed E-state index contributed by atoms with van der Waals surface area (Å²) in [5, 5.41) is 10.5. The molecule has 3 rings (SSSR count). The minimum atomic E-state index is 0. The highest BCUT2D eigenvalue weighted by Gasteiger charge is 2.11. The fraction of sp³-hybridized carbons (Fsp3) is 0.550. The van der Waals surface area contributed by atoms with Gasteiger partial charge in [-0.3, -0.25) is 9.89 Å². The molecule has 2 aromatic rings. The number of hydrogen-bond donors (Lipinski definition) is 2. The Balaban J connectivity index is 0.00000280. The first-order chi connectivity index (χ1) is 13.2. The summed E-state index contributed by atoms with van der Waals surface area (Å²) in [5.41, 5.74) is 2.64. The number of nitrogens with one attached hydrogen (secondary N) is 2. The molecule has 1 aromatic carbocycles. The van der Waals surface area contributed by atoms with Crippen LogP contribution in [-0.4, -0.2) is 47.7 Å². The second-order valence-corrected chi connectivity index (χ2v) is 6.99. The van der Waals surface area contributed by atoms with Crippen molar-refractivity contribution in [3.8, 4) is 0 Å². The monoisotopic (exact) mass is 498 g/mol. The summed E-state index contributed by atoms with van der Waals surface area (Å²) < 4.78 is 5.12. The summed E-state index contributed by atoms with van der Waals surface area (Å²) in [7, 11) is 1.79. The molecular formula is C20H31IN6O. The third-order valence-corrected chi connectivity index (χ3v) is 4.74. The number of halogens is 1. The molecule has 2 N–H and O–H groups in total. The van der Waals surface area contributed by atoms with Crippen molar-refractivity contribution in [2.45, 2.75) is 45.7 Å². The molecule has 0 amide bonds. The fourth-order valence-electron chi connectivity index (χ4n) is 3.26. The first-order valence-electron chi connectivity index (χ1n) is 9.77. The second kappa shape index (κ2) is 12.0. The van der Waals surface area contributed by atoms with Gasteiger partial charge in [0.1, 0.15) is 0 Å². The van der Waals surface area contributed by atoms with Gasteiger partial charge >= 0.3 is 0 Å². The first kappa shape index (κ1) is 22.6. The van der Waals surface area contributed by atoms with E-state index in [-0.39, 0.29) is 24.0 Å². The van der Waals surface area contributed by atoms with Gasteiger partial charge in [-0.25, -0.2) is 0 Å². The average Bonchev–Trinajstić information content (AvgIpc) is 3.34. The zero-order chi connectivity index (χ0) is 18.9. The van der Waals surface area contributed by atoms with Gasteiger partial charge in [0.25, 0.3) is 0 Å². The highest BCUT2D eigenvalue weighted by atomic mass is 127. The average molecular weight is 498 g/mol. The normalized spacial score (nSPS) is 14.7. The number of aliphatic imine (C=N–C) groups is 1. The van der Waals surface area contributed by atoms with Gasteiger partial charge in [-0.05, 0) is 50.4 Å². The Morgan fingerprint density at radius 3 is 2.50 bits per heavy atom. The topological polar surface area (TPSA) is 78.6 Å². The van der Waals surface area contributed by atoms with Crippen molar-refractivity contribution in [2.24, 2.45) is 4.99 Å². The van der Waals surface area contributed by atoms with E-state index in [1.807, 2.05) is 6.92 Å². The number of aromatic nitrogens is 2. The minimum absolute atomic E-state index is 0. The van der Waals surface area contributed by atoms with Crippen LogP contribution < -0.4 is 10.6 Å². The van der Waals surface area contributed by atoms with Crippen LogP contribution in [0, 0.1) is 6.92 Å². The Morgan fingerprint density at radius 1 is 1.14 bits per heavy atom. The number of hydrogen-bond acceptors (Lipinski definition) is 5. The van der Waals surface area contributed by atoms with Gasteiger partial charge < -0.3 is 15.2 Å². The molecule has 8 heteroatoms. The smallest absolute Gasteiger partial charge is 0.226 e. The molecule has 154 valence electrons. The van der Waals surface area contributed by atoms with Crippen molar-refractivity contribution in [1.82, 2.24) is 25.7 Å². The molecule has 1 saturated heterocycles. The Labute approximate surface area is 184 Å². The second-order valence-electron chi connectivity index (χ2n) is 6.99. The summed E-state index contributed by atoms with van der Waals surface area (Å²) >= 11 is 0. The summed E-state index contributed by atoms with van der Waals surface area (Å²) in [5.74, 6) is 2.17. The van der Waals surface area contributed by atoms with Crippen LogP contribution >= 0.6 is 24.0 Å². The number of rotatable bonds is 8. The molecule has 0 unspecified atom stereocenters. The van der Waals surface area contributed by atoms with Gasteiger partial charge in [0.15, 0.2) is 11.8 Å². The van der Waals surface area contributed by atoms with E-state index >= 15 is 0 Å². The standard InChI is InChI=1S/C20H30N6O.HI/c1-16-24-19(27-25-16)6-5-11-22-20(21-2)23-14-17-7-9-18(10-8-17)15-26-12-3-4-13-26;/h7-10H,3-6,11-15H2,1-2H3,(H2,21,22,23);1H. The van der Waals surface area contributed by atoms with Crippen LogP contribution in [0.25, 0.3) is 0 Å². The summed E-state index contributed by atoms with van der Waals surface area (Å²) in [6.45, 7) is 6.92. The number of benzene rings is 1. The van der Waals surface area contributed by atoms with E-state index < -0.39 is 0 Å². The van der Waals surface area contributed by atoms with Crippen LogP contribution in [-0.2, 0) is 19.5 Å². The lowest BCUT2D eigenvalue weighted by Gasteiger charge is -2.15. The summed E-state index contributed by atoms with van der Waals surface area (Å²) in [4.78, 5) is 11.0. The SMILES string of the molecule is CN=C(NCCCc1nc(C)no1)NCc1ccc(CN2CCCC2)cc1.I. The molecule has 1 aliphatic rings. The van der Waals surface area contributed by atoms with E-state index in [2.05, 4.69) is 54.9 Å². The van der Waals surface area contributed by atoms with Crippen molar-refractivity contribution >= 4 is 29.9 Å². The maximum atomic E-state index is 5.12. The molecule has 1 aliphatic heterocycles. The van der Waals surface area contributed by atoms with E-state index in [9.17, 15) is 0 Å². The van der Waals surface area contributed by atoms with E-state index in [0.717, 1.165) is 38.4 Å². The number of likely N-dealkylation sites (tertiary alicyclic amines) is 1. The van der Waals surface area contributed by atoms with Gasteiger partial charge in [-0.15, -0.1) is 24.0 Å². The Hall–Kier alpha value is -1.68. The van der Waals surface area contributed by atoms with Crippen molar-refractivity contribution in [2.75, 3.05) is 26.7 Å². The minimum Gasteiger partial charge on any atom is -0.356 e. The number of guanidine groups is 1.